The highest BCUT2D eigenvalue weighted by Gasteiger charge is 2.27. The molecule has 0 aliphatic heterocycles. The molecule has 0 amide bonds. The predicted octanol–water partition coefficient (Wildman–Crippen LogP) is 5.72. The zero-order valence-electron chi connectivity index (χ0n) is 12.8. The van der Waals surface area contributed by atoms with Gasteiger partial charge in [0, 0.05) is 0 Å². The van der Waals surface area contributed by atoms with Crippen molar-refractivity contribution in [2.75, 3.05) is 0 Å². The van der Waals surface area contributed by atoms with E-state index in [2.05, 4.69) is 51.6 Å². The highest BCUT2D eigenvalue weighted by molar-refractivity contribution is 5.63. The molecule has 0 nitrogen and oxygen atoms in total. The molecule has 1 aromatic carbocycles. The second-order valence-corrected chi connectivity index (χ2v) is 6.39. The lowest BCUT2D eigenvalue weighted by atomic mass is 9.71. The molecule has 1 aliphatic carbocycles. The van der Waals surface area contributed by atoms with Crippen LogP contribution in [0.2, 0.25) is 0 Å². The summed E-state index contributed by atoms with van der Waals surface area (Å²) in [4.78, 5) is 0. The first-order valence-corrected chi connectivity index (χ1v) is 7.89. The molecule has 0 heteroatoms. The van der Waals surface area contributed by atoms with Gasteiger partial charge >= 0.3 is 0 Å². The molecular formula is C19H28. The summed E-state index contributed by atoms with van der Waals surface area (Å²) in [7, 11) is 0. The first kappa shape index (κ1) is 14.4. The Hall–Kier alpha value is -1.04. The normalized spacial score (nSPS) is 27.2. The maximum Gasteiger partial charge on any atom is -0.0230 e. The van der Waals surface area contributed by atoms with Gasteiger partial charge in [-0.1, -0.05) is 64.5 Å². The van der Waals surface area contributed by atoms with Gasteiger partial charge in [0.15, 0.2) is 0 Å². The molecule has 0 bridgehead atoms. The highest BCUT2D eigenvalue weighted by atomic mass is 14.3. The van der Waals surface area contributed by atoms with Crippen molar-refractivity contribution in [1.82, 2.24) is 0 Å². The Kier molecular flexibility index (Phi) is 4.85. The van der Waals surface area contributed by atoms with Crippen molar-refractivity contribution in [2.24, 2.45) is 17.8 Å². The summed E-state index contributed by atoms with van der Waals surface area (Å²) < 4.78 is 0. The van der Waals surface area contributed by atoms with E-state index in [4.69, 9.17) is 0 Å². The Bertz CT molecular complexity index is 412. The molecule has 0 spiro atoms. The van der Waals surface area contributed by atoms with Crippen LogP contribution in [0.5, 0.6) is 0 Å². The first-order valence-electron chi connectivity index (χ1n) is 7.89. The summed E-state index contributed by atoms with van der Waals surface area (Å²) in [5.74, 6) is 2.57. The maximum absolute atomic E-state index is 4.33. The van der Waals surface area contributed by atoms with Crippen molar-refractivity contribution in [2.45, 2.75) is 52.9 Å². The molecule has 104 valence electrons. The molecular weight excluding hydrogens is 228 g/mol. The van der Waals surface area contributed by atoms with Crippen LogP contribution in [0.4, 0.5) is 0 Å². The van der Waals surface area contributed by atoms with Crippen molar-refractivity contribution in [3.63, 3.8) is 0 Å². The van der Waals surface area contributed by atoms with Gasteiger partial charge in [-0.2, -0.15) is 0 Å². The van der Waals surface area contributed by atoms with E-state index in [-0.39, 0.29) is 0 Å². The number of hydrogen-bond donors (Lipinski definition) is 0. The van der Waals surface area contributed by atoms with Gasteiger partial charge in [0.05, 0.1) is 0 Å². The van der Waals surface area contributed by atoms with Crippen LogP contribution in [0.25, 0.3) is 5.57 Å². The summed E-state index contributed by atoms with van der Waals surface area (Å²) in [5.41, 5.74) is 4.08. The van der Waals surface area contributed by atoms with E-state index in [1.165, 1.54) is 42.4 Å². The number of rotatable bonds is 4. The van der Waals surface area contributed by atoms with Crippen LogP contribution in [0.1, 0.15) is 57.6 Å². The standard InChI is InChI=1S/C19H28/c1-5-17-9-11-18(12-10-17)15(3)13-19-8-6-7-14(2)16(19)4/h9-12,14,16,19H,3,5-8,13H2,1-2,4H3/t14-,16?,19?/m1/s1. The average Bonchev–Trinajstić information content (AvgIpc) is 2.44. The van der Waals surface area contributed by atoms with Gasteiger partial charge in [0.1, 0.15) is 0 Å². The fourth-order valence-corrected chi connectivity index (χ4v) is 3.39. The Morgan fingerprint density at radius 2 is 1.84 bits per heavy atom. The van der Waals surface area contributed by atoms with Crippen LogP contribution >= 0.6 is 0 Å². The number of benzene rings is 1. The topological polar surface area (TPSA) is 0 Å². The second-order valence-electron chi connectivity index (χ2n) is 6.39. The van der Waals surface area contributed by atoms with E-state index >= 15 is 0 Å². The van der Waals surface area contributed by atoms with Gasteiger partial charge in [-0.25, -0.2) is 0 Å². The van der Waals surface area contributed by atoms with Crippen LogP contribution in [0.15, 0.2) is 30.8 Å². The minimum Gasteiger partial charge on any atom is -0.0952 e. The third-order valence-corrected chi connectivity index (χ3v) is 5.15. The van der Waals surface area contributed by atoms with Crippen molar-refractivity contribution in [1.29, 1.82) is 0 Å². The molecule has 2 unspecified atom stereocenters. The van der Waals surface area contributed by atoms with Gasteiger partial charge < -0.3 is 0 Å². The first-order chi connectivity index (χ1) is 9.11. The molecule has 19 heavy (non-hydrogen) atoms. The van der Waals surface area contributed by atoms with Crippen LogP contribution < -0.4 is 0 Å². The minimum atomic E-state index is 0.835. The van der Waals surface area contributed by atoms with E-state index < -0.39 is 0 Å². The third-order valence-electron chi connectivity index (χ3n) is 5.15. The third kappa shape index (κ3) is 3.49. The zero-order chi connectivity index (χ0) is 13.8. The van der Waals surface area contributed by atoms with Gasteiger partial charge in [-0.15, -0.1) is 0 Å². The Balaban J connectivity index is 1.99. The lowest BCUT2D eigenvalue weighted by Crippen LogP contribution is -2.24. The molecule has 0 radical (unpaired) electrons. The summed E-state index contributed by atoms with van der Waals surface area (Å²) >= 11 is 0. The molecule has 0 heterocycles. The Labute approximate surface area is 118 Å². The zero-order valence-corrected chi connectivity index (χ0v) is 12.8. The summed E-state index contributed by atoms with van der Waals surface area (Å²) in [6.45, 7) is 11.4. The number of hydrogen-bond acceptors (Lipinski definition) is 0. The lowest BCUT2D eigenvalue weighted by Gasteiger charge is -2.34. The number of allylic oxidation sites excluding steroid dienone is 1. The molecule has 2 rings (SSSR count). The molecule has 1 aromatic rings. The molecule has 0 saturated heterocycles. The quantitative estimate of drug-likeness (QED) is 0.646. The smallest absolute Gasteiger partial charge is 0.0230 e. The van der Waals surface area contributed by atoms with Gasteiger partial charge in [0.25, 0.3) is 0 Å². The van der Waals surface area contributed by atoms with E-state index in [1.54, 1.807) is 0 Å². The molecule has 0 aromatic heterocycles. The van der Waals surface area contributed by atoms with E-state index in [9.17, 15) is 0 Å². The molecule has 3 atom stereocenters. The van der Waals surface area contributed by atoms with Gasteiger partial charge in [0.2, 0.25) is 0 Å². The number of aryl methyl sites for hydroxylation is 1. The minimum absolute atomic E-state index is 0.835. The SMILES string of the molecule is C=C(CC1CCC[C@@H](C)C1C)c1ccc(CC)cc1. The molecule has 1 saturated carbocycles. The second kappa shape index (κ2) is 6.41. The summed E-state index contributed by atoms with van der Waals surface area (Å²) in [6, 6.07) is 8.98. The van der Waals surface area contributed by atoms with E-state index in [0.29, 0.717) is 0 Å². The molecule has 0 N–H and O–H groups in total. The van der Waals surface area contributed by atoms with Crippen LogP contribution in [-0.2, 0) is 6.42 Å². The molecule has 1 aliphatic rings. The fraction of sp³-hybridized carbons (Fsp3) is 0.579. The Morgan fingerprint density at radius 1 is 1.16 bits per heavy atom. The van der Waals surface area contributed by atoms with Crippen LogP contribution in [-0.4, -0.2) is 0 Å². The van der Waals surface area contributed by atoms with Gasteiger partial charge in [-0.3, -0.25) is 0 Å². The van der Waals surface area contributed by atoms with Crippen molar-refractivity contribution in [3.05, 3.63) is 42.0 Å². The largest absolute Gasteiger partial charge is 0.0952 e. The Morgan fingerprint density at radius 3 is 2.47 bits per heavy atom. The maximum atomic E-state index is 4.33. The van der Waals surface area contributed by atoms with Crippen molar-refractivity contribution >= 4 is 5.57 Å². The van der Waals surface area contributed by atoms with Crippen molar-refractivity contribution in [3.8, 4) is 0 Å². The summed E-state index contributed by atoms with van der Waals surface area (Å²) in [6.07, 6.45) is 6.49. The van der Waals surface area contributed by atoms with Crippen molar-refractivity contribution < 1.29 is 0 Å². The van der Waals surface area contributed by atoms with Gasteiger partial charge in [-0.05, 0) is 53.7 Å². The van der Waals surface area contributed by atoms with Crippen LogP contribution in [0, 0.1) is 17.8 Å². The van der Waals surface area contributed by atoms with Crippen LogP contribution in [0.3, 0.4) is 0 Å². The molecule has 1 fully saturated rings. The monoisotopic (exact) mass is 256 g/mol. The van der Waals surface area contributed by atoms with E-state index in [0.717, 1.165) is 24.2 Å². The highest BCUT2D eigenvalue weighted by Crippen LogP contribution is 2.39. The predicted molar refractivity (Wildman–Crippen MR) is 85.1 cm³/mol. The van der Waals surface area contributed by atoms with E-state index in [1.807, 2.05) is 0 Å². The lowest BCUT2D eigenvalue weighted by molar-refractivity contribution is 0.186. The average molecular weight is 256 g/mol. The fourth-order valence-electron chi connectivity index (χ4n) is 3.39. The summed E-state index contributed by atoms with van der Waals surface area (Å²) in [5, 5.41) is 0.